The molecular formula is C31H26N2O8. The first-order valence-electron chi connectivity index (χ1n) is 13.4. The van der Waals surface area contributed by atoms with Crippen LogP contribution < -0.4 is 9.64 Å². The first-order valence-corrected chi connectivity index (χ1v) is 13.4. The highest BCUT2D eigenvalue weighted by Crippen LogP contribution is 2.56. The van der Waals surface area contributed by atoms with E-state index in [9.17, 15) is 34.4 Å². The zero-order valence-corrected chi connectivity index (χ0v) is 22.3. The fraction of sp³-hybridized carbons (Fsp3) is 0.290. The lowest BCUT2D eigenvalue weighted by atomic mass is 9.59. The lowest BCUT2D eigenvalue weighted by Crippen LogP contribution is -2.39. The number of amides is 2. The second-order valence-electron chi connectivity index (χ2n) is 10.7. The molecule has 1 aliphatic heterocycles. The highest BCUT2D eigenvalue weighted by Gasteiger charge is 2.56. The number of anilines is 1. The number of Topliss-reactive ketones (excluding diaryl/α,β-unsaturated/α-hetero) is 1. The van der Waals surface area contributed by atoms with Gasteiger partial charge in [0.1, 0.15) is 0 Å². The maximum absolute atomic E-state index is 13.9. The minimum Gasteiger partial charge on any atom is -0.504 e. The number of nitrogens with zero attached hydrogens (tertiary/aromatic N) is 2. The van der Waals surface area contributed by atoms with Gasteiger partial charge in [-0.2, -0.15) is 0 Å². The van der Waals surface area contributed by atoms with E-state index in [1.807, 2.05) is 6.08 Å². The van der Waals surface area contributed by atoms with Crippen molar-refractivity contribution >= 4 is 34.8 Å². The van der Waals surface area contributed by atoms with Crippen molar-refractivity contribution in [3.63, 3.8) is 0 Å². The van der Waals surface area contributed by atoms with Crippen LogP contribution >= 0.6 is 0 Å². The van der Waals surface area contributed by atoms with Gasteiger partial charge >= 0.3 is 0 Å². The Kier molecular flexibility index (Phi) is 6.21. The summed E-state index contributed by atoms with van der Waals surface area (Å²) in [5.41, 5.74) is 2.51. The van der Waals surface area contributed by atoms with Crippen LogP contribution in [0.15, 0.2) is 76.9 Å². The van der Waals surface area contributed by atoms with Crippen LogP contribution in [0.2, 0.25) is 0 Å². The van der Waals surface area contributed by atoms with Gasteiger partial charge in [-0.15, -0.1) is 0 Å². The number of allylic oxidation sites excluding steroid dienone is 6. The summed E-state index contributed by atoms with van der Waals surface area (Å²) in [5, 5.41) is 21.4. The topological polar surface area (TPSA) is 144 Å². The first kappa shape index (κ1) is 26.4. The van der Waals surface area contributed by atoms with Gasteiger partial charge in [0.15, 0.2) is 23.1 Å². The van der Waals surface area contributed by atoms with Crippen molar-refractivity contribution in [3.05, 3.63) is 92.6 Å². The molecular weight excluding hydrogens is 528 g/mol. The number of fused-ring (bicyclic) bond motifs is 3. The maximum Gasteiger partial charge on any atom is 0.269 e. The highest BCUT2D eigenvalue weighted by atomic mass is 16.6. The van der Waals surface area contributed by atoms with Gasteiger partial charge in [0.2, 0.25) is 11.8 Å². The Bertz CT molecular complexity index is 1650. The van der Waals surface area contributed by atoms with Gasteiger partial charge < -0.3 is 9.84 Å². The predicted molar refractivity (Wildman–Crippen MR) is 146 cm³/mol. The van der Waals surface area contributed by atoms with Gasteiger partial charge in [-0.25, -0.2) is 0 Å². The SMILES string of the molecule is CCOc1cc(C2C3=CCC4C(=O)N(c5ccc([N+](=O)[O-])cc5)C(=O)C4C3CC3=C2C(=O)C(C)=CC3=O)ccc1O. The number of nitro benzene ring substituents is 1. The number of non-ortho nitro benzene ring substituents is 1. The first-order chi connectivity index (χ1) is 19.6. The molecule has 0 aromatic heterocycles. The van der Waals surface area contributed by atoms with Crippen molar-refractivity contribution in [2.45, 2.75) is 32.6 Å². The summed E-state index contributed by atoms with van der Waals surface area (Å²) in [7, 11) is 0. The molecule has 6 rings (SSSR count). The average molecular weight is 555 g/mol. The lowest BCUT2D eigenvalue weighted by Gasteiger charge is -2.42. The van der Waals surface area contributed by atoms with Crippen molar-refractivity contribution in [1.82, 2.24) is 0 Å². The zero-order chi connectivity index (χ0) is 29.2. The second kappa shape index (κ2) is 9.65. The Morgan fingerprint density at radius 3 is 2.46 bits per heavy atom. The number of carbonyl (C=O) groups is 4. The number of ether oxygens (including phenoxy) is 1. The van der Waals surface area contributed by atoms with Gasteiger partial charge in [-0.3, -0.25) is 34.2 Å². The fourth-order valence-electron chi connectivity index (χ4n) is 6.70. The molecule has 2 amide bonds. The molecule has 0 radical (unpaired) electrons. The van der Waals surface area contributed by atoms with Crippen molar-refractivity contribution in [1.29, 1.82) is 0 Å². The molecule has 2 aromatic rings. The largest absolute Gasteiger partial charge is 0.504 e. The van der Waals surface area contributed by atoms with Crippen molar-refractivity contribution < 1.29 is 33.9 Å². The summed E-state index contributed by atoms with van der Waals surface area (Å²) in [4.78, 5) is 65.9. The van der Waals surface area contributed by atoms with Crippen LogP contribution in [0.5, 0.6) is 11.5 Å². The normalized spacial score (nSPS) is 25.4. The molecule has 1 saturated heterocycles. The van der Waals surface area contributed by atoms with E-state index in [-0.39, 0.29) is 47.3 Å². The van der Waals surface area contributed by atoms with Crippen LogP contribution in [0.3, 0.4) is 0 Å². The van der Waals surface area contributed by atoms with Gasteiger partial charge in [0.05, 0.1) is 29.1 Å². The van der Waals surface area contributed by atoms with E-state index in [4.69, 9.17) is 4.74 Å². The molecule has 0 bridgehead atoms. The van der Waals surface area contributed by atoms with Crippen LogP contribution in [0.4, 0.5) is 11.4 Å². The fourth-order valence-corrected chi connectivity index (χ4v) is 6.70. The molecule has 4 aliphatic rings. The molecule has 10 heteroatoms. The van der Waals surface area contributed by atoms with E-state index in [0.717, 1.165) is 10.5 Å². The Morgan fingerprint density at radius 1 is 1.05 bits per heavy atom. The monoisotopic (exact) mass is 554 g/mol. The van der Waals surface area contributed by atoms with Crippen LogP contribution in [0.1, 0.15) is 38.2 Å². The van der Waals surface area contributed by atoms with E-state index in [1.165, 1.54) is 36.4 Å². The smallest absolute Gasteiger partial charge is 0.269 e. The maximum atomic E-state index is 13.9. The second-order valence-corrected chi connectivity index (χ2v) is 10.7. The third kappa shape index (κ3) is 4.01. The summed E-state index contributed by atoms with van der Waals surface area (Å²) < 4.78 is 5.60. The minimum atomic E-state index is -0.771. The van der Waals surface area contributed by atoms with Crippen molar-refractivity contribution in [3.8, 4) is 11.5 Å². The average Bonchev–Trinajstić information content (AvgIpc) is 3.21. The van der Waals surface area contributed by atoms with E-state index >= 15 is 0 Å². The molecule has 208 valence electrons. The van der Waals surface area contributed by atoms with Gasteiger partial charge in [0.25, 0.3) is 5.69 Å². The number of hydrogen-bond donors (Lipinski definition) is 1. The quantitative estimate of drug-likeness (QED) is 0.189. The number of phenolic OH excluding ortho intramolecular Hbond substituents is 1. The highest BCUT2D eigenvalue weighted by molar-refractivity contribution is 6.25. The molecule has 1 heterocycles. The van der Waals surface area contributed by atoms with E-state index in [1.54, 1.807) is 26.0 Å². The minimum absolute atomic E-state index is 0.0627. The van der Waals surface area contributed by atoms with E-state index in [0.29, 0.717) is 28.9 Å². The molecule has 4 atom stereocenters. The predicted octanol–water partition coefficient (Wildman–Crippen LogP) is 4.33. The number of ketones is 2. The molecule has 1 fully saturated rings. The third-order valence-electron chi connectivity index (χ3n) is 8.50. The Labute approximate surface area is 234 Å². The van der Waals surface area contributed by atoms with E-state index < -0.39 is 40.4 Å². The number of hydrogen-bond acceptors (Lipinski definition) is 8. The molecule has 0 saturated carbocycles. The number of benzene rings is 2. The zero-order valence-electron chi connectivity index (χ0n) is 22.3. The Morgan fingerprint density at radius 2 is 1.78 bits per heavy atom. The van der Waals surface area contributed by atoms with Crippen LogP contribution in [0.25, 0.3) is 0 Å². The summed E-state index contributed by atoms with van der Waals surface area (Å²) >= 11 is 0. The van der Waals surface area contributed by atoms with Gasteiger partial charge in [-0.1, -0.05) is 17.7 Å². The third-order valence-corrected chi connectivity index (χ3v) is 8.50. The molecule has 0 spiro atoms. The van der Waals surface area contributed by atoms with Gasteiger partial charge in [0, 0.05) is 34.8 Å². The number of nitro groups is 1. The molecule has 3 aliphatic carbocycles. The molecule has 2 aromatic carbocycles. The Balaban J connectivity index is 1.46. The van der Waals surface area contributed by atoms with Crippen LogP contribution in [0, 0.1) is 27.9 Å². The van der Waals surface area contributed by atoms with Gasteiger partial charge in [-0.05, 0) is 68.5 Å². The van der Waals surface area contributed by atoms with E-state index in [2.05, 4.69) is 0 Å². The van der Waals surface area contributed by atoms with Crippen molar-refractivity contribution in [2.24, 2.45) is 17.8 Å². The van der Waals surface area contributed by atoms with Crippen LogP contribution in [-0.4, -0.2) is 40.0 Å². The number of rotatable bonds is 5. The molecule has 4 unspecified atom stereocenters. The molecule has 41 heavy (non-hydrogen) atoms. The Hall–Kier alpha value is -4.86. The molecule has 1 N–H and O–H groups in total. The van der Waals surface area contributed by atoms with Crippen molar-refractivity contribution in [2.75, 3.05) is 11.5 Å². The standard InChI is InChI=1S/C31H26N2O8/c1-3-41-25-13-16(4-11-23(25)34)26-19-9-10-20-27(21(19)14-22-24(35)12-15(2)29(36)28(22)26)31(38)32(30(20)37)17-5-7-18(8-6-17)33(39)40/h4-9,11-13,20-21,26-27,34H,3,10,14H2,1-2H3. The molecule has 10 nitrogen and oxygen atoms in total. The van der Waals surface area contributed by atoms with Crippen LogP contribution in [-0.2, 0) is 19.2 Å². The summed E-state index contributed by atoms with van der Waals surface area (Å²) in [6.07, 6.45) is 3.62. The number of phenols is 1. The lowest BCUT2D eigenvalue weighted by molar-refractivity contribution is -0.384. The number of imide groups is 1. The summed E-state index contributed by atoms with van der Waals surface area (Å²) in [6.45, 7) is 3.69. The number of carbonyl (C=O) groups excluding carboxylic acids is 4. The summed E-state index contributed by atoms with van der Waals surface area (Å²) in [6, 6.07) is 10.1. The number of aromatic hydroxyl groups is 1. The summed E-state index contributed by atoms with van der Waals surface area (Å²) in [5.74, 6) is -3.83.